The molecular formula is C40H25NS. The fourth-order valence-corrected chi connectivity index (χ4v) is 7.66. The third-order valence-electron chi connectivity index (χ3n) is 8.58. The Hall–Kier alpha value is -5.18. The molecular weight excluding hydrogens is 527 g/mol. The molecule has 1 nitrogen and oxygen atoms in total. The van der Waals surface area contributed by atoms with Crippen LogP contribution in [0.5, 0.6) is 0 Å². The number of fused-ring (bicyclic) bond motifs is 7. The Morgan fingerprint density at radius 2 is 1.05 bits per heavy atom. The van der Waals surface area contributed by atoms with Gasteiger partial charge in [0.1, 0.15) is 0 Å². The van der Waals surface area contributed by atoms with Crippen LogP contribution in [0.25, 0.3) is 80.7 Å². The minimum absolute atomic E-state index is 1.18. The Kier molecular flexibility index (Phi) is 5.13. The fourth-order valence-electron chi connectivity index (χ4n) is 6.51. The Labute approximate surface area is 247 Å². The van der Waals surface area contributed by atoms with E-state index in [1.807, 2.05) is 11.3 Å². The van der Waals surface area contributed by atoms with Gasteiger partial charge in [0.05, 0.1) is 11.0 Å². The number of hydrogen-bond donors (Lipinski definition) is 0. The molecule has 0 saturated heterocycles. The molecule has 0 aliphatic rings. The van der Waals surface area contributed by atoms with Crippen LogP contribution in [0.15, 0.2) is 152 Å². The van der Waals surface area contributed by atoms with Gasteiger partial charge in [0.15, 0.2) is 0 Å². The summed E-state index contributed by atoms with van der Waals surface area (Å²) in [7, 11) is 0. The standard InChI is InChI=1S/C40H25NS/c1-2-8-26(9-3-1)29-17-21-37-36(23-29)33-19-15-30(31-16-20-35-34-12-6-7-13-39(34)42-40(35)25-31)24-38(33)41(37)32-18-14-27-10-4-5-11-28(27)22-32/h1-25H. The largest absolute Gasteiger partial charge is 0.309 e. The van der Waals surface area contributed by atoms with Gasteiger partial charge in [0, 0.05) is 36.6 Å². The minimum Gasteiger partial charge on any atom is -0.309 e. The van der Waals surface area contributed by atoms with Crippen LogP contribution in [-0.4, -0.2) is 4.57 Å². The molecule has 0 aliphatic carbocycles. The lowest BCUT2D eigenvalue weighted by atomic mass is 10.0. The van der Waals surface area contributed by atoms with Crippen molar-refractivity contribution in [3.8, 4) is 27.9 Å². The summed E-state index contributed by atoms with van der Waals surface area (Å²) in [5.74, 6) is 0. The number of aromatic nitrogens is 1. The molecule has 0 bridgehead atoms. The summed E-state index contributed by atoms with van der Waals surface area (Å²) >= 11 is 1.87. The molecule has 0 fully saturated rings. The summed E-state index contributed by atoms with van der Waals surface area (Å²) in [5.41, 5.74) is 8.57. The van der Waals surface area contributed by atoms with Crippen molar-refractivity contribution in [2.75, 3.05) is 0 Å². The van der Waals surface area contributed by atoms with E-state index >= 15 is 0 Å². The normalized spacial score (nSPS) is 11.8. The van der Waals surface area contributed by atoms with Crippen molar-refractivity contribution in [2.24, 2.45) is 0 Å². The molecule has 9 aromatic rings. The van der Waals surface area contributed by atoms with Crippen molar-refractivity contribution in [2.45, 2.75) is 0 Å². The number of rotatable bonds is 3. The van der Waals surface area contributed by atoms with Gasteiger partial charge in [-0.25, -0.2) is 0 Å². The molecule has 0 radical (unpaired) electrons. The van der Waals surface area contributed by atoms with Gasteiger partial charge >= 0.3 is 0 Å². The van der Waals surface area contributed by atoms with Crippen LogP contribution < -0.4 is 0 Å². The van der Waals surface area contributed by atoms with Crippen LogP contribution in [0.3, 0.4) is 0 Å². The summed E-state index contributed by atoms with van der Waals surface area (Å²) in [6.45, 7) is 0. The van der Waals surface area contributed by atoms with Crippen molar-refractivity contribution in [3.63, 3.8) is 0 Å². The maximum atomic E-state index is 2.44. The highest BCUT2D eigenvalue weighted by molar-refractivity contribution is 7.25. The first-order valence-corrected chi connectivity index (χ1v) is 15.2. The molecule has 2 heterocycles. The molecule has 0 atom stereocenters. The minimum atomic E-state index is 1.18. The Bertz CT molecular complexity index is 2460. The van der Waals surface area contributed by atoms with Gasteiger partial charge in [-0.15, -0.1) is 11.3 Å². The highest BCUT2D eigenvalue weighted by Crippen LogP contribution is 2.40. The molecule has 0 N–H and O–H groups in total. The van der Waals surface area contributed by atoms with Crippen molar-refractivity contribution in [3.05, 3.63) is 152 Å². The second-order valence-corrected chi connectivity index (χ2v) is 12.1. The molecule has 196 valence electrons. The molecule has 7 aromatic carbocycles. The third kappa shape index (κ3) is 3.62. The number of nitrogens with zero attached hydrogens (tertiary/aromatic N) is 1. The van der Waals surface area contributed by atoms with E-state index in [1.165, 1.54) is 80.7 Å². The molecule has 0 unspecified atom stereocenters. The molecule has 2 heteroatoms. The summed E-state index contributed by atoms with van der Waals surface area (Å²) in [4.78, 5) is 0. The molecule has 0 aliphatic heterocycles. The van der Waals surface area contributed by atoms with Crippen LogP contribution in [0.1, 0.15) is 0 Å². The predicted octanol–water partition coefficient (Wildman–Crippen LogP) is 11.6. The van der Waals surface area contributed by atoms with E-state index in [4.69, 9.17) is 0 Å². The lowest BCUT2D eigenvalue weighted by Crippen LogP contribution is -1.94. The second-order valence-electron chi connectivity index (χ2n) is 11.0. The van der Waals surface area contributed by atoms with Crippen LogP contribution in [0.2, 0.25) is 0 Å². The van der Waals surface area contributed by atoms with E-state index in [9.17, 15) is 0 Å². The van der Waals surface area contributed by atoms with Crippen molar-refractivity contribution >= 4 is 64.1 Å². The Balaban J connectivity index is 1.30. The summed E-state index contributed by atoms with van der Waals surface area (Å²) in [6.07, 6.45) is 0. The zero-order valence-corrected chi connectivity index (χ0v) is 23.6. The SMILES string of the molecule is c1ccc(-c2ccc3c(c2)c2ccc(-c4ccc5c(c4)sc4ccccc45)cc2n3-c2ccc3ccccc3c2)cc1. The molecule has 0 amide bonds. The highest BCUT2D eigenvalue weighted by atomic mass is 32.1. The van der Waals surface area contributed by atoms with E-state index in [-0.39, 0.29) is 0 Å². The number of hydrogen-bond acceptors (Lipinski definition) is 1. The summed E-state index contributed by atoms with van der Waals surface area (Å²) < 4.78 is 5.11. The summed E-state index contributed by atoms with van der Waals surface area (Å²) in [5, 5.41) is 7.71. The first kappa shape index (κ1) is 23.5. The quantitative estimate of drug-likeness (QED) is 0.206. The smallest absolute Gasteiger partial charge is 0.0547 e. The second kappa shape index (κ2) is 9.17. The highest BCUT2D eigenvalue weighted by Gasteiger charge is 2.16. The van der Waals surface area contributed by atoms with Crippen molar-refractivity contribution in [1.82, 2.24) is 4.57 Å². The lowest BCUT2D eigenvalue weighted by molar-refractivity contribution is 1.19. The monoisotopic (exact) mass is 551 g/mol. The molecule has 9 rings (SSSR count). The maximum Gasteiger partial charge on any atom is 0.0547 e. The average molecular weight is 552 g/mol. The van der Waals surface area contributed by atoms with E-state index < -0.39 is 0 Å². The topological polar surface area (TPSA) is 4.93 Å². The number of benzene rings is 7. The molecule has 2 aromatic heterocycles. The van der Waals surface area contributed by atoms with Crippen molar-refractivity contribution < 1.29 is 0 Å². The van der Waals surface area contributed by atoms with E-state index in [0.29, 0.717) is 0 Å². The van der Waals surface area contributed by atoms with Crippen LogP contribution in [-0.2, 0) is 0 Å². The predicted molar refractivity (Wildman–Crippen MR) is 182 cm³/mol. The number of thiophene rings is 1. The van der Waals surface area contributed by atoms with E-state index in [1.54, 1.807) is 0 Å². The third-order valence-corrected chi connectivity index (χ3v) is 9.71. The Morgan fingerprint density at radius 3 is 1.95 bits per heavy atom. The summed E-state index contributed by atoms with van der Waals surface area (Å²) in [6, 6.07) is 55.6. The van der Waals surface area contributed by atoms with E-state index in [0.717, 1.165) is 0 Å². The van der Waals surface area contributed by atoms with Gasteiger partial charge in [-0.3, -0.25) is 0 Å². The van der Waals surface area contributed by atoms with E-state index in [2.05, 4.69) is 156 Å². The molecule has 0 spiro atoms. The molecule has 0 saturated carbocycles. The van der Waals surface area contributed by atoms with Crippen LogP contribution in [0.4, 0.5) is 0 Å². The Morgan fingerprint density at radius 1 is 0.357 bits per heavy atom. The zero-order valence-electron chi connectivity index (χ0n) is 22.8. The van der Waals surface area contributed by atoms with Gasteiger partial charge < -0.3 is 4.57 Å². The fraction of sp³-hybridized carbons (Fsp3) is 0. The van der Waals surface area contributed by atoms with Gasteiger partial charge in [0.2, 0.25) is 0 Å². The van der Waals surface area contributed by atoms with Crippen molar-refractivity contribution in [1.29, 1.82) is 0 Å². The first-order chi connectivity index (χ1) is 20.8. The zero-order chi connectivity index (χ0) is 27.6. The van der Waals surface area contributed by atoms with Crippen LogP contribution >= 0.6 is 11.3 Å². The lowest BCUT2D eigenvalue weighted by Gasteiger charge is -2.11. The van der Waals surface area contributed by atoms with Crippen LogP contribution in [0, 0.1) is 0 Å². The van der Waals surface area contributed by atoms with Gasteiger partial charge in [-0.2, -0.15) is 0 Å². The van der Waals surface area contributed by atoms with Gasteiger partial charge in [-0.1, -0.05) is 109 Å². The van der Waals surface area contributed by atoms with Gasteiger partial charge in [0.25, 0.3) is 0 Å². The average Bonchev–Trinajstić information content (AvgIpc) is 3.59. The molecule has 42 heavy (non-hydrogen) atoms. The first-order valence-electron chi connectivity index (χ1n) is 14.3. The maximum absolute atomic E-state index is 2.44. The van der Waals surface area contributed by atoms with Gasteiger partial charge in [-0.05, 0) is 75.5 Å².